The van der Waals surface area contributed by atoms with Gasteiger partial charge in [0, 0.05) is 6.54 Å². The summed E-state index contributed by atoms with van der Waals surface area (Å²) in [5, 5.41) is 10.3. The van der Waals surface area contributed by atoms with Gasteiger partial charge in [-0.25, -0.2) is 0 Å². The molecule has 6 heteroatoms. The van der Waals surface area contributed by atoms with Crippen LogP contribution in [0.25, 0.3) is 0 Å². The Morgan fingerprint density at radius 1 is 1.35 bits per heavy atom. The topological polar surface area (TPSA) is 54.9 Å². The Hall–Kier alpha value is -0.870. The summed E-state index contributed by atoms with van der Waals surface area (Å²) < 4.78 is 0. The number of nitrogens with zero attached hydrogens (tertiary/aromatic N) is 2. The highest BCUT2D eigenvalue weighted by atomic mass is 35.5. The molecule has 1 aromatic rings. The van der Waals surface area contributed by atoms with E-state index < -0.39 is 0 Å². The third-order valence-corrected chi connectivity index (χ3v) is 3.45. The van der Waals surface area contributed by atoms with Crippen LogP contribution in [0.4, 0.5) is 0 Å². The highest BCUT2D eigenvalue weighted by Gasteiger charge is 2.18. The molecule has 17 heavy (non-hydrogen) atoms. The molecular formula is C11H13Cl2N3O. The molecule has 4 nitrogen and oxygen atoms in total. The minimum Gasteiger partial charge on any atom is -0.352 e. The quantitative estimate of drug-likeness (QED) is 0.922. The molecule has 1 saturated carbocycles. The molecule has 0 atom stereocenters. The van der Waals surface area contributed by atoms with Gasteiger partial charge in [-0.05, 0) is 24.8 Å². The zero-order valence-corrected chi connectivity index (χ0v) is 10.8. The van der Waals surface area contributed by atoms with Crippen LogP contribution in [0.1, 0.15) is 36.0 Å². The molecule has 92 valence electrons. The number of hydrogen-bond donors (Lipinski definition) is 1. The van der Waals surface area contributed by atoms with Crippen molar-refractivity contribution >= 4 is 29.1 Å². The van der Waals surface area contributed by atoms with Crippen molar-refractivity contribution in [1.29, 1.82) is 0 Å². The second-order valence-corrected chi connectivity index (χ2v) is 4.98. The molecule has 0 bridgehead atoms. The SMILES string of the molecule is O=C(NCC1CCCC1)c1cc(Cl)nnc1Cl. The van der Waals surface area contributed by atoms with E-state index in [-0.39, 0.29) is 21.8 Å². The molecule has 1 aromatic heterocycles. The highest BCUT2D eigenvalue weighted by Crippen LogP contribution is 2.24. The third-order valence-electron chi connectivity index (χ3n) is 2.99. The molecule has 1 aliphatic rings. The van der Waals surface area contributed by atoms with Crippen LogP contribution in [-0.2, 0) is 0 Å². The molecular weight excluding hydrogens is 261 g/mol. The number of rotatable bonds is 3. The fraction of sp³-hybridized carbons (Fsp3) is 0.545. The smallest absolute Gasteiger partial charge is 0.254 e. The van der Waals surface area contributed by atoms with E-state index >= 15 is 0 Å². The van der Waals surface area contributed by atoms with E-state index in [1.165, 1.54) is 31.7 Å². The summed E-state index contributed by atoms with van der Waals surface area (Å²) in [6, 6.07) is 1.43. The summed E-state index contributed by atoms with van der Waals surface area (Å²) in [5.74, 6) is 0.349. The van der Waals surface area contributed by atoms with Crippen LogP contribution in [0, 0.1) is 5.92 Å². The number of carbonyl (C=O) groups is 1. The molecule has 1 N–H and O–H groups in total. The Kier molecular flexibility index (Phi) is 4.18. The van der Waals surface area contributed by atoms with Crippen molar-refractivity contribution in [2.24, 2.45) is 5.92 Å². The van der Waals surface area contributed by atoms with Gasteiger partial charge in [-0.1, -0.05) is 36.0 Å². The van der Waals surface area contributed by atoms with Gasteiger partial charge in [0.15, 0.2) is 10.3 Å². The summed E-state index contributed by atoms with van der Waals surface area (Å²) in [7, 11) is 0. The Morgan fingerprint density at radius 2 is 2.06 bits per heavy atom. The molecule has 0 saturated heterocycles. The summed E-state index contributed by atoms with van der Waals surface area (Å²) >= 11 is 11.5. The van der Waals surface area contributed by atoms with Crippen molar-refractivity contribution in [3.05, 3.63) is 21.9 Å². The Labute approximate surface area is 110 Å². The molecule has 1 fully saturated rings. The van der Waals surface area contributed by atoms with Gasteiger partial charge in [0.05, 0.1) is 5.56 Å². The molecule has 0 unspecified atom stereocenters. The standard InChI is InChI=1S/C11H13Cl2N3O/c12-9-5-8(10(13)16-15-9)11(17)14-6-7-3-1-2-4-7/h5,7H,1-4,6H2,(H,14,17). The fourth-order valence-electron chi connectivity index (χ4n) is 2.06. The van der Waals surface area contributed by atoms with Crippen LogP contribution in [0.15, 0.2) is 6.07 Å². The number of carbonyl (C=O) groups excluding carboxylic acids is 1. The van der Waals surface area contributed by atoms with Gasteiger partial charge in [0.2, 0.25) is 0 Å². The second kappa shape index (κ2) is 5.65. The van der Waals surface area contributed by atoms with Crippen molar-refractivity contribution in [3.63, 3.8) is 0 Å². The first-order valence-corrected chi connectivity index (χ1v) is 6.39. The number of nitrogens with one attached hydrogen (secondary N) is 1. The predicted octanol–water partition coefficient (Wildman–Crippen LogP) is 2.70. The van der Waals surface area contributed by atoms with E-state index in [1.54, 1.807) is 0 Å². The first kappa shape index (κ1) is 12.6. The maximum absolute atomic E-state index is 11.9. The summed E-state index contributed by atoms with van der Waals surface area (Å²) in [5.41, 5.74) is 0.282. The van der Waals surface area contributed by atoms with Crippen LogP contribution in [0.3, 0.4) is 0 Å². The lowest BCUT2D eigenvalue weighted by Crippen LogP contribution is -2.28. The van der Waals surface area contributed by atoms with Crippen molar-refractivity contribution in [1.82, 2.24) is 15.5 Å². The Bertz CT molecular complexity index is 419. The van der Waals surface area contributed by atoms with E-state index in [1.807, 2.05) is 0 Å². The summed E-state index contributed by atoms with van der Waals surface area (Å²) in [6.07, 6.45) is 4.88. The van der Waals surface area contributed by atoms with E-state index in [2.05, 4.69) is 15.5 Å². The predicted molar refractivity (Wildman–Crippen MR) is 66.3 cm³/mol. The van der Waals surface area contributed by atoms with Gasteiger partial charge in [0.25, 0.3) is 5.91 Å². The maximum atomic E-state index is 11.9. The van der Waals surface area contributed by atoms with Gasteiger partial charge in [-0.2, -0.15) is 0 Å². The number of hydrogen-bond acceptors (Lipinski definition) is 3. The first-order valence-electron chi connectivity index (χ1n) is 5.63. The van der Waals surface area contributed by atoms with E-state index in [0.29, 0.717) is 12.5 Å². The van der Waals surface area contributed by atoms with Gasteiger partial charge < -0.3 is 5.32 Å². The van der Waals surface area contributed by atoms with E-state index in [0.717, 1.165) is 0 Å². The van der Waals surface area contributed by atoms with Gasteiger partial charge in [-0.15, -0.1) is 10.2 Å². The lowest BCUT2D eigenvalue weighted by Gasteiger charge is -2.10. The van der Waals surface area contributed by atoms with Crippen LogP contribution >= 0.6 is 23.2 Å². The second-order valence-electron chi connectivity index (χ2n) is 4.23. The highest BCUT2D eigenvalue weighted by molar-refractivity contribution is 6.34. The molecule has 0 aromatic carbocycles. The fourth-order valence-corrected chi connectivity index (χ4v) is 2.38. The van der Waals surface area contributed by atoms with E-state index in [9.17, 15) is 4.79 Å². The maximum Gasteiger partial charge on any atom is 0.254 e. The van der Waals surface area contributed by atoms with Gasteiger partial charge >= 0.3 is 0 Å². The largest absolute Gasteiger partial charge is 0.352 e. The molecule has 1 aliphatic carbocycles. The van der Waals surface area contributed by atoms with Crippen molar-refractivity contribution < 1.29 is 4.79 Å². The zero-order chi connectivity index (χ0) is 12.3. The van der Waals surface area contributed by atoms with Crippen LogP contribution in [-0.4, -0.2) is 22.6 Å². The molecule has 0 radical (unpaired) electrons. The van der Waals surface area contributed by atoms with E-state index in [4.69, 9.17) is 23.2 Å². The van der Waals surface area contributed by atoms with Crippen LogP contribution < -0.4 is 5.32 Å². The molecule has 2 rings (SSSR count). The van der Waals surface area contributed by atoms with Gasteiger partial charge in [-0.3, -0.25) is 4.79 Å². The van der Waals surface area contributed by atoms with Crippen molar-refractivity contribution in [2.75, 3.05) is 6.54 Å². The van der Waals surface area contributed by atoms with Crippen LogP contribution in [0.5, 0.6) is 0 Å². The molecule has 1 heterocycles. The van der Waals surface area contributed by atoms with Gasteiger partial charge in [0.1, 0.15) is 0 Å². The van der Waals surface area contributed by atoms with Crippen molar-refractivity contribution in [3.8, 4) is 0 Å². The number of amides is 1. The Balaban J connectivity index is 1.96. The lowest BCUT2D eigenvalue weighted by atomic mass is 10.1. The molecule has 0 spiro atoms. The number of aromatic nitrogens is 2. The average molecular weight is 274 g/mol. The summed E-state index contributed by atoms with van der Waals surface area (Å²) in [4.78, 5) is 11.9. The minimum atomic E-state index is -0.237. The van der Waals surface area contributed by atoms with Crippen LogP contribution in [0.2, 0.25) is 10.3 Å². The molecule has 0 aliphatic heterocycles. The number of halogens is 2. The minimum absolute atomic E-state index is 0.0818. The average Bonchev–Trinajstić information content (AvgIpc) is 2.82. The first-order chi connectivity index (χ1) is 8.16. The Morgan fingerprint density at radius 3 is 2.76 bits per heavy atom. The lowest BCUT2D eigenvalue weighted by molar-refractivity contribution is 0.0947. The third kappa shape index (κ3) is 3.30. The van der Waals surface area contributed by atoms with Crippen molar-refractivity contribution in [2.45, 2.75) is 25.7 Å². The summed E-state index contributed by atoms with van der Waals surface area (Å²) in [6.45, 7) is 0.690. The molecule has 1 amide bonds. The monoisotopic (exact) mass is 273 g/mol. The zero-order valence-electron chi connectivity index (χ0n) is 9.25. The normalized spacial score (nSPS) is 16.1.